The molecule has 0 aliphatic carbocycles. The normalized spacial score (nSPS) is 14.6. The van der Waals surface area contributed by atoms with Gasteiger partial charge in [-0.25, -0.2) is 0 Å². The monoisotopic (exact) mass is 603 g/mol. The Morgan fingerprint density at radius 1 is 1.09 bits per heavy atom. The van der Waals surface area contributed by atoms with E-state index < -0.39 is 23.7 Å². The second-order valence-corrected chi connectivity index (χ2v) is 9.73. The number of thioether (sulfide) groups is 1. The molecule has 9 heteroatoms. The Hall–Kier alpha value is -3.05. The summed E-state index contributed by atoms with van der Waals surface area (Å²) in [6, 6.07) is 17.9. The lowest BCUT2D eigenvalue weighted by Gasteiger charge is -2.14. The average Bonchev–Trinajstić information content (AvgIpc) is 3.10. The maximum Gasteiger partial charge on any atom is 0.326 e. The molecule has 180 valence electrons. The zero-order chi connectivity index (χ0) is 24.9. The highest BCUT2D eigenvalue weighted by Gasteiger charge is 2.36. The number of benzene rings is 3. The Labute approximate surface area is 220 Å². The topological polar surface area (TPSA) is 82.1 Å². The molecule has 7 nitrogen and oxygen atoms in total. The number of amides is 2. The van der Waals surface area contributed by atoms with E-state index >= 15 is 0 Å². The molecular weight excluding hydrogens is 581 g/mol. The molecule has 1 aliphatic rings. The van der Waals surface area contributed by atoms with Crippen molar-refractivity contribution < 1.29 is 28.6 Å². The van der Waals surface area contributed by atoms with E-state index in [1.165, 1.54) is 5.39 Å². The summed E-state index contributed by atoms with van der Waals surface area (Å²) in [5, 5.41) is 1.80. The van der Waals surface area contributed by atoms with Crippen LogP contribution in [-0.4, -0.2) is 42.3 Å². The molecule has 1 aliphatic heterocycles. The standard InChI is InChI=1S/C26H22INO6S/c1-3-33-23(29)14-28-25(30)22(35-26(28)31)13-17-11-20(27)24(21(12-17)32-2)34-15-16-8-9-18-6-4-5-7-19(18)10-16/h4-13H,3,14-15H2,1-2H3/b22-13+. The number of halogens is 1. The van der Waals surface area contributed by atoms with Crippen molar-refractivity contribution in [3.63, 3.8) is 0 Å². The van der Waals surface area contributed by atoms with Crippen molar-refractivity contribution in [2.24, 2.45) is 0 Å². The summed E-state index contributed by atoms with van der Waals surface area (Å²) in [6.07, 6.45) is 1.61. The van der Waals surface area contributed by atoms with E-state index in [1.54, 1.807) is 26.2 Å². The Morgan fingerprint density at radius 3 is 2.60 bits per heavy atom. The SMILES string of the molecule is CCOC(=O)CN1C(=O)S/C(=C/c2cc(I)c(OCc3ccc4ccccc4c3)c(OC)c2)C1=O. The van der Waals surface area contributed by atoms with Crippen LogP contribution < -0.4 is 9.47 Å². The van der Waals surface area contributed by atoms with E-state index in [0.717, 1.165) is 31.2 Å². The van der Waals surface area contributed by atoms with Crippen molar-refractivity contribution in [3.8, 4) is 11.5 Å². The smallest absolute Gasteiger partial charge is 0.326 e. The van der Waals surface area contributed by atoms with Crippen LogP contribution >= 0.6 is 34.4 Å². The average molecular weight is 603 g/mol. The number of imide groups is 1. The van der Waals surface area contributed by atoms with Gasteiger partial charge in [-0.3, -0.25) is 19.3 Å². The van der Waals surface area contributed by atoms with Crippen molar-refractivity contribution in [1.82, 2.24) is 4.90 Å². The van der Waals surface area contributed by atoms with Gasteiger partial charge >= 0.3 is 5.97 Å². The molecule has 0 spiro atoms. The van der Waals surface area contributed by atoms with Gasteiger partial charge in [-0.05, 0) is 87.5 Å². The van der Waals surface area contributed by atoms with Crippen molar-refractivity contribution in [1.29, 1.82) is 0 Å². The molecule has 1 saturated heterocycles. The molecular formula is C26H22INO6S. The molecule has 0 aromatic heterocycles. The largest absolute Gasteiger partial charge is 0.493 e. The molecule has 2 amide bonds. The van der Waals surface area contributed by atoms with Crippen LogP contribution in [0.25, 0.3) is 16.8 Å². The molecule has 35 heavy (non-hydrogen) atoms. The van der Waals surface area contributed by atoms with Crippen LogP contribution in [0.3, 0.4) is 0 Å². The van der Waals surface area contributed by atoms with Gasteiger partial charge in [-0.15, -0.1) is 0 Å². The molecule has 1 heterocycles. The van der Waals surface area contributed by atoms with Crippen molar-refractivity contribution in [3.05, 3.63) is 74.2 Å². The Bertz CT molecular complexity index is 1340. The number of hydrogen-bond donors (Lipinski definition) is 0. The van der Waals surface area contributed by atoms with Crippen LogP contribution in [0.2, 0.25) is 0 Å². The van der Waals surface area contributed by atoms with Crippen molar-refractivity contribution in [2.45, 2.75) is 13.5 Å². The molecule has 0 radical (unpaired) electrons. The van der Waals surface area contributed by atoms with Crippen LogP contribution in [0, 0.1) is 3.57 Å². The first-order valence-electron chi connectivity index (χ1n) is 10.8. The van der Waals surface area contributed by atoms with Gasteiger partial charge < -0.3 is 14.2 Å². The minimum absolute atomic E-state index is 0.179. The summed E-state index contributed by atoms with van der Waals surface area (Å²) in [4.78, 5) is 37.7. The summed E-state index contributed by atoms with van der Waals surface area (Å²) in [6.45, 7) is 1.80. The summed E-state index contributed by atoms with van der Waals surface area (Å²) in [5.41, 5.74) is 1.70. The quantitative estimate of drug-likeness (QED) is 0.188. The van der Waals surface area contributed by atoms with Crippen LogP contribution in [-0.2, 0) is 20.9 Å². The maximum atomic E-state index is 12.7. The molecule has 0 saturated carbocycles. The third-order valence-corrected chi connectivity index (χ3v) is 6.92. The van der Waals surface area contributed by atoms with E-state index in [4.69, 9.17) is 14.2 Å². The van der Waals surface area contributed by atoms with Crippen LogP contribution in [0.1, 0.15) is 18.1 Å². The van der Waals surface area contributed by atoms with E-state index in [0.29, 0.717) is 23.7 Å². The fourth-order valence-electron chi connectivity index (χ4n) is 3.57. The van der Waals surface area contributed by atoms with Gasteiger partial charge in [0.05, 0.1) is 22.2 Å². The van der Waals surface area contributed by atoms with Gasteiger partial charge in [0.25, 0.3) is 11.1 Å². The van der Waals surface area contributed by atoms with E-state index in [-0.39, 0.29) is 11.5 Å². The molecule has 0 bridgehead atoms. The Morgan fingerprint density at radius 2 is 1.86 bits per heavy atom. The molecule has 0 atom stereocenters. The zero-order valence-electron chi connectivity index (χ0n) is 19.1. The lowest BCUT2D eigenvalue weighted by atomic mass is 10.1. The number of carbonyl (C=O) groups is 3. The minimum atomic E-state index is -0.625. The number of carbonyl (C=O) groups excluding carboxylic acids is 3. The molecule has 3 aromatic carbocycles. The highest BCUT2D eigenvalue weighted by Crippen LogP contribution is 2.37. The highest BCUT2D eigenvalue weighted by atomic mass is 127. The van der Waals surface area contributed by atoms with E-state index in [1.807, 2.05) is 24.3 Å². The lowest BCUT2D eigenvalue weighted by Crippen LogP contribution is -2.34. The number of nitrogens with zero attached hydrogens (tertiary/aromatic N) is 1. The third-order valence-electron chi connectivity index (χ3n) is 5.21. The molecule has 0 N–H and O–H groups in total. The molecule has 1 fully saturated rings. The molecule has 0 unspecified atom stereocenters. The van der Waals surface area contributed by atoms with E-state index in [9.17, 15) is 14.4 Å². The second kappa shape index (κ2) is 11.1. The third kappa shape index (κ3) is 5.79. The first-order chi connectivity index (χ1) is 16.9. The number of methoxy groups -OCH3 is 1. The van der Waals surface area contributed by atoms with Crippen LogP contribution in [0.4, 0.5) is 4.79 Å². The van der Waals surface area contributed by atoms with Crippen molar-refractivity contribution in [2.75, 3.05) is 20.3 Å². The first-order valence-corrected chi connectivity index (χ1v) is 12.7. The van der Waals surface area contributed by atoms with Crippen molar-refractivity contribution >= 4 is 68.3 Å². The summed E-state index contributed by atoms with van der Waals surface area (Å²) >= 11 is 2.94. The van der Waals surface area contributed by atoms with Gasteiger partial charge in [-0.1, -0.05) is 36.4 Å². The second-order valence-electron chi connectivity index (χ2n) is 7.58. The van der Waals surface area contributed by atoms with E-state index in [2.05, 4.69) is 46.9 Å². The van der Waals surface area contributed by atoms with Gasteiger partial charge in [0.15, 0.2) is 11.5 Å². The van der Waals surface area contributed by atoms with Gasteiger partial charge in [-0.2, -0.15) is 0 Å². The summed E-state index contributed by atoms with van der Waals surface area (Å²) in [5.74, 6) is -0.0534. The lowest BCUT2D eigenvalue weighted by molar-refractivity contribution is -0.145. The number of rotatable bonds is 8. The Kier molecular flexibility index (Phi) is 7.97. The number of esters is 1. The molecule has 3 aromatic rings. The van der Waals surface area contributed by atoms with Gasteiger partial charge in [0, 0.05) is 0 Å². The van der Waals surface area contributed by atoms with Crippen LogP contribution in [0.5, 0.6) is 11.5 Å². The van der Waals surface area contributed by atoms with Gasteiger partial charge in [0.1, 0.15) is 13.2 Å². The van der Waals surface area contributed by atoms with Gasteiger partial charge in [0.2, 0.25) is 0 Å². The fraction of sp³-hybridized carbons (Fsp3) is 0.192. The maximum absolute atomic E-state index is 12.7. The zero-order valence-corrected chi connectivity index (χ0v) is 22.1. The first kappa shape index (κ1) is 25.1. The molecule has 4 rings (SSSR count). The predicted molar refractivity (Wildman–Crippen MR) is 143 cm³/mol. The summed E-state index contributed by atoms with van der Waals surface area (Å²) in [7, 11) is 1.55. The Balaban J connectivity index is 1.52. The van der Waals surface area contributed by atoms with Crippen LogP contribution in [0.15, 0.2) is 59.5 Å². The fourth-order valence-corrected chi connectivity index (χ4v) is 5.19. The number of fused-ring (bicyclic) bond motifs is 1. The number of ether oxygens (including phenoxy) is 3. The predicted octanol–water partition coefficient (Wildman–Crippen LogP) is 5.63. The number of hydrogen-bond acceptors (Lipinski definition) is 7. The highest BCUT2D eigenvalue weighted by molar-refractivity contribution is 14.1. The minimum Gasteiger partial charge on any atom is -0.493 e. The summed E-state index contributed by atoms with van der Waals surface area (Å²) < 4.78 is 17.3.